The van der Waals surface area contributed by atoms with Crippen LogP contribution in [0.1, 0.15) is 0 Å². The molecule has 0 saturated heterocycles. The molecule has 0 unspecified atom stereocenters. The molecule has 0 aromatic heterocycles. The third-order valence-corrected chi connectivity index (χ3v) is 0. The van der Waals surface area contributed by atoms with E-state index in [9.17, 15) is 0 Å². The summed E-state index contributed by atoms with van der Waals surface area (Å²) in [6.45, 7) is 0. The number of nitrogens with zero attached hydrogens (tertiary/aromatic N) is 2. The summed E-state index contributed by atoms with van der Waals surface area (Å²) in [6.07, 6.45) is 0. The molecule has 8 heavy (non-hydrogen) atoms. The van der Waals surface area contributed by atoms with Crippen LogP contribution in [0.25, 0.3) is 0 Å². The van der Waals surface area contributed by atoms with E-state index in [0.717, 1.165) is 0 Å². The summed E-state index contributed by atoms with van der Waals surface area (Å²) < 4.78 is 34.1. The van der Waals surface area contributed by atoms with Crippen molar-refractivity contribution in [2.24, 2.45) is 0 Å². The minimum atomic E-state index is -5.17. The topological polar surface area (TPSA) is 141 Å². The molecule has 0 saturated carbocycles. The summed E-state index contributed by atoms with van der Waals surface area (Å²) in [4.78, 5) is 0. The molecular weight excluding hydrogens is 189 g/mol. The van der Waals surface area contributed by atoms with Crippen LogP contribution in [-0.4, -0.2) is 17.5 Å². The molecule has 6 nitrogen and oxygen atoms in total. The molecule has 0 bridgehead atoms. The van der Waals surface area contributed by atoms with Gasteiger partial charge in [-0.2, -0.15) is 0 Å². The number of hydrogen-bond acceptors (Lipinski definition) is 4. The molecule has 0 aliphatic carbocycles. The first-order chi connectivity index (χ1) is 2.00. The van der Waals surface area contributed by atoms with E-state index in [1.807, 2.05) is 0 Å². The maximum Gasteiger partial charge on any atom is 2.00 e. The largest absolute Gasteiger partial charge is 2.00 e. The van der Waals surface area contributed by atoms with E-state index in [1.54, 1.807) is 0 Å². The van der Waals surface area contributed by atoms with Gasteiger partial charge in [0.15, 0.2) is 0 Å². The van der Waals surface area contributed by atoms with Gasteiger partial charge in [0.1, 0.15) is 0 Å². The molecule has 0 aliphatic rings. The van der Waals surface area contributed by atoms with E-state index in [0.29, 0.717) is 0 Å². The Morgan fingerprint density at radius 2 is 1.00 bits per heavy atom. The Kier molecular flexibility index (Phi) is 22.0. The van der Waals surface area contributed by atoms with Gasteiger partial charge in [-0.3, -0.25) is 8.42 Å². The minimum Gasteiger partial charge on any atom is -0.759 e. The molecular formula is N2O4SZn. The molecule has 0 N–H and O–H groups in total. The van der Waals surface area contributed by atoms with Crippen LogP contribution < -0.4 is 12.3 Å². The quantitative estimate of drug-likeness (QED) is 0.240. The fourth-order valence-corrected chi connectivity index (χ4v) is 0. The van der Waals surface area contributed by atoms with Crippen molar-refractivity contribution in [1.82, 2.24) is 12.3 Å². The molecule has 8 heteroatoms. The van der Waals surface area contributed by atoms with Gasteiger partial charge < -0.3 is 9.11 Å². The molecule has 0 spiro atoms. The van der Waals surface area contributed by atoms with Crippen molar-refractivity contribution in [3.8, 4) is 0 Å². The Balaban J connectivity index is -0.0000000267. The second-order valence-corrected chi connectivity index (χ2v) is 1.22. The average Bonchev–Trinajstić information content (AvgIpc) is 0.722. The van der Waals surface area contributed by atoms with Gasteiger partial charge in [0.25, 0.3) is 0 Å². The molecule has 0 heterocycles. The molecule has 0 rings (SSSR count). The van der Waals surface area contributed by atoms with Crippen LogP contribution in [0.5, 0.6) is 0 Å². The van der Waals surface area contributed by atoms with E-state index < -0.39 is 10.4 Å². The van der Waals surface area contributed by atoms with Crippen molar-refractivity contribution in [3.63, 3.8) is 0 Å². The van der Waals surface area contributed by atoms with Gasteiger partial charge in [-0.15, -0.1) is 0 Å². The zero-order chi connectivity index (χ0) is 4.50. The van der Waals surface area contributed by atoms with Crippen LogP contribution in [0.3, 0.4) is 0 Å². The van der Waals surface area contributed by atoms with Crippen LogP contribution in [0.4, 0.5) is 0 Å². The zero-order valence-corrected chi connectivity index (χ0v) is 7.43. The Morgan fingerprint density at radius 1 is 1.00 bits per heavy atom. The van der Waals surface area contributed by atoms with Crippen molar-refractivity contribution >= 4 is 10.4 Å². The summed E-state index contributed by atoms with van der Waals surface area (Å²) in [5, 5.41) is 0. The van der Waals surface area contributed by atoms with Gasteiger partial charge in [0, 0.05) is 22.7 Å². The molecule has 6 radical (unpaired) electrons. The van der Waals surface area contributed by atoms with Crippen molar-refractivity contribution < 1.29 is 37.0 Å². The fourth-order valence-electron chi connectivity index (χ4n) is 0. The van der Waals surface area contributed by atoms with E-state index in [4.69, 9.17) is 17.5 Å². The molecule has 0 amide bonds. The van der Waals surface area contributed by atoms with Crippen LogP contribution in [0, 0.1) is 0 Å². The molecule has 42 valence electrons. The van der Waals surface area contributed by atoms with Crippen LogP contribution >= 0.6 is 0 Å². The van der Waals surface area contributed by atoms with Gasteiger partial charge in [-0.05, 0) is 0 Å². The SMILES string of the molecule is O=S(=O)([O-])[O-].[N].[N].[Zn+2]. The van der Waals surface area contributed by atoms with Gasteiger partial charge in [-0.25, -0.2) is 0 Å². The monoisotopic (exact) mass is 188 g/mol. The molecule has 0 fully saturated rings. The molecule has 0 aromatic carbocycles. The third-order valence-electron chi connectivity index (χ3n) is 0. The van der Waals surface area contributed by atoms with E-state index in [2.05, 4.69) is 0 Å². The predicted molar refractivity (Wildman–Crippen MR) is 14.7 cm³/mol. The Bertz CT molecular complexity index is 97.2. The van der Waals surface area contributed by atoms with Crippen molar-refractivity contribution in [2.75, 3.05) is 0 Å². The molecule has 0 aliphatic heterocycles. The van der Waals surface area contributed by atoms with E-state index >= 15 is 0 Å². The van der Waals surface area contributed by atoms with Gasteiger partial charge >= 0.3 is 19.5 Å². The van der Waals surface area contributed by atoms with Gasteiger partial charge in [0.05, 0.1) is 0 Å². The van der Waals surface area contributed by atoms with Crippen LogP contribution in [0.15, 0.2) is 0 Å². The standard InChI is InChI=1S/2N.H2O4S.Zn/c;;1-5(2,3)4;/h;;(H2,1,2,3,4);/q;;;+2/p-2. The maximum atomic E-state index is 8.52. The maximum absolute atomic E-state index is 8.52. The van der Waals surface area contributed by atoms with E-state index in [-0.39, 0.29) is 31.8 Å². The van der Waals surface area contributed by atoms with Crippen LogP contribution in [-0.2, 0) is 29.9 Å². The van der Waals surface area contributed by atoms with Crippen molar-refractivity contribution in [3.05, 3.63) is 0 Å². The van der Waals surface area contributed by atoms with E-state index in [1.165, 1.54) is 0 Å². The average molecular weight is 189 g/mol. The Morgan fingerprint density at radius 3 is 1.00 bits per heavy atom. The fraction of sp³-hybridized carbons (Fsp3) is 0. The first kappa shape index (κ1) is 23.7. The van der Waals surface area contributed by atoms with Crippen LogP contribution in [0.2, 0.25) is 0 Å². The van der Waals surface area contributed by atoms with Gasteiger partial charge in [0.2, 0.25) is 0 Å². The summed E-state index contributed by atoms with van der Waals surface area (Å²) in [5.41, 5.74) is 0. The van der Waals surface area contributed by atoms with Crippen molar-refractivity contribution in [1.29, 1.82) is 0 Å². The first-order valence-corrected chi connectivity index (χ1v) is 2.00. The smallest absolute Gasteiger partial charge is 0.759 e. The Hall–Kier alpha value is 0.413. The minimum absolute atomic E-state index is 0. The number of hydrogen-bond donors (Lipinski definition) is 0. The second kappa shape index (κ2) is 7.41. The third kappa shape index (κ3) is 1100. The first-order valence-electron chi connectivity index (χ1n) is 0.667. The number of rotatable bonds is 0. The normalized spacial score (nSPS) is 7.25. The molecule has 0 aromatic rings. The summed E-state index contributed by atoms with van der Waals surface area (Å²) in [7, 11) is -5.17. The molecule has 0 atom stereocenters. The summed E-state index contributed by atoms with van der Waals surface area (Å²) in [5.74, 6) is 0. The van der Waals surface area contributed by atoms with Crippen molar-refractivity contribution in [2.45, 2.75) is 0 Å². The zero-order valence-electron chi connectivity index (χ0n) is 3.64. The summed E-state index contributed by atoms with van der Waals surface area (Å²) in [6, 6.07) is 0. The van der Waals surface area contributed by atoms with Gasteiger partial charge in [-0.1, -0.05) is 0 Å². The predicted octanol–water partition coefficient (Wildman–Crippen LogP) is -2.30. The second-order valence-electron chi connectivity index (χ2n) is 0.408. The summed E-state index contributed by atoms with van der Waals surface area (Å²) >= 11 is 0. The Labute approximate surface area is 60.2 Å².